The fourth-order valence-electron chi connectivity index (χ4n) is 4.32. The molecule has 0 radical (unpaired) electrons. The summed E-state index contributed by atoms with van der Waals surface area (Å²) in [6, 6.07) is 12.4. The van der Waals surface area contributed by atoms with Crippen LogP contribution in [0.15, 0.2) is 48.8 Å². The Morgan fingerprint density at radius 1 is 1.17 bits per heavy atom. The maximum atomic E-state index is 13.3. The quantitative estimate of drug-likeness (QED) is 0.436. The van der Waals surface area contributed by atoms with Crippen LogP contribution in [0.2, 0.25) is 0 Å². The van der Waals surface area contributed by atoms with E-state index < -0.39 is 0 Å². The molecule has 0 spiro atoms. The van der Waals surface area contributed by atoms with Crippen LogP contribution in [0.5, 0.6) is 5.75 Å². The van der Waals surface area contributed by atoms with Crippen LogP contribution in [-0.2, 0) is 11.8 Å². The Morgan fingerprint density at radius 3 is 2.66 bits per heavy atom. The number of carbonyl (C=O) groups excluding carboxylic acids is 1. The lowest BCUT2D eigenvalue weighted by Gasteiger charge is -2.41. The molecule has 1 fully saturated rings. The van der Waals surface area contributed by atoms with Crippen molar-refractivity contribution < 1.29 is 14.3 Å². The topological polar surface area (TPSA) is 80.7 Å². The van der Waals surface area contributed by atoms with Gasteiger partial charge in [0.2, 0.25) is 0 Å². The van der Waals surface area contributed by atoms with Crippen molar-refractivity contribution in [2.75, 3.05) is 45.4 Å². The molecule has 1 amide bonds. The van der Waals surface area contributed by atoms with E-state index in [4.69, 9.17) is 9.47 Å². The second kappa shape index (κ2) is 10.9. The first-order chi connectivity index (χ1) is 16.9. The fourth-order valence-corrected chi connectivity index (χ4v) is 4.32. The van der Waals surface area contributed by atoms with E-state index in [-0.39, 0.29) is 11.9 Å². The first-order valence-corrected chi connectivity index (χ1v) is 11.9. The first kappa shape index (κ1) is 24.8. The van der Waals surface area contributed by atoms with E-state index in [0.717, 1.165) is 53.3 Å². The highest BCUT2D eigenvalue weighted by Crippen LogP contribution is 2.29. The summed E-state index contributed by atoms with van der Waals surface area (Å²) >= 11 is 0. The Bertz CT molecular complexity index is 1170. The minimum Gasteiger partial charge on any atom is -0.497 e. The van der Waals surface area contributed by atoms with Crippen molar-refractivity contribution in [1.29, 1.82) is 0 Å². The molecule has 3 aromatic rings. The first-order valence-electron chi connectivity index (χ1n) is 11.9. The Kier molecular flexibility index (Phi) is 7.73. The molecule has 2 aromatic carbocycles. The molecular weight excluding hydrogens is 442 g/mol. The number of rotatable bonds is 10. The van der Waals surface area contributed by atoms with E-state index in [1.54, 1.807) is 18.9 Å². The average Bonchev–Trinajstić information content (AvgIpc) is 3.27. The lowest BCUT2D eigenvalue weighted by Crippen LogP contribution is -2.58. The number of aryl methyl sites for hydroxylation is 2. The maximum Gasteiger partial charge on any atom is 0.252 e. The van der Waals surface area contributed by atoms with Gasteiger partial charge in [-0.15, -0.1) is 0 Å². The number of anilines is 1. The van der Waals surface area contributed by atoms with Crippen molar-refractivity contribution in [3.8, 4) is 16.9 Å². The number of ether oxygens (including phenoxy) is 2. The molecule has 186 valence electrons. The Balaban J connectivity index is 1.46. The summed E-state index contributed by atoms with van der Waals surface area (Å²) < 4.78 is 12.4. The number of amides is 1. The number of nitrogens with zero attached hydrogens (tertiary/aromatic N) is 3. The van der Waals surface area contributed by atoms with Crippen molar-refractivity contribution >= 4 is 11.6 Å². The van der Waals surface area contributed by atoms with Crippen molar-refractivity contribution in [3.05, 3.63) is 65.5 Å². The second-order valence-electron chi connectivity index (χ2n) is 9.14. The van der Waals surface area contributed by atoms with Crippen LogP contribution in [0.3, 0.4) is 0 Å². The van der Waals surface area contributed by atoms with E-state index in [1.807, 2.05) is 57.6 Å². The van der Waals surface area contributed by atoms with Gasteiger partial charge in [-0.2, -0.15) is 5.10 Å². The van der Waals surface area contributed by atoms with Crippen molar-refractivity contribution in [1.82, 2.24) is 20.4 Å². The van der Waals surface area contributed by atoms with Crippen LogP contribution in [0.25, 0.3) is 11.1 Å². The summed E-state index contributed by atoms with van der Waals surface area (Å²) in [6.07, 6.45) is 3.79. The lowest BCUT2D eigenvalue weighted by molar-refractivity contribution is 0.0939. The highest BCUT2D eigenvalue weighted by molar-refractivity contribution is 5.97. The molecule has 4 rings (SSSR count). The zero-order chi connectivity index (χ0) is 24.9. The van der Waals surface area contributed by atoms with Gasteiger partial charge in [-0.1, -0.05) is 6.07 Å². The van der Waals surface area contributed by atoms with Crippen molar-refractivity contribution in [2.24, 2.45) is 7.05 Å². The molecule has 35 heavy (non-hydrogen) atoms. The number of methoxy groups -OCH3 is 2. The third-order valence-electron chi connectivity index (χ3n) is 6.50. The molecule has 0 saturated carbocycles. The van der Waals surface area contributed by atoms with E-state index in [0.29, 0.717) is 18.2 Å². The van der Waals surface area contributed by atoms with Gasteiger partial charge in [0.1, 0.15) is 5.75 Å². The molecule has 2 heterocycles. The SMILES string of the molecule is COCCNC1CN(c2ccc(C)c(C(=O)NC(C)c3cc(OC)cc(-c4cnn(C)c4)c3)c2)C1. The number of benzene rings is 2. The van der Waals surface area contributed by atoms with Gasteiger partial charge in [-0.05, 0) is 60.9 Å². The van der Waals surface area contributed by atoms with Gasteiger partial charge < -0.3 is 25.0 Å². The molecule has 1 saturated heterocycles. The summed E-state index contributed by atoms with van der Waals surface area (Å²) in [5, 5.41) is 10.9. The number of nitrogens with one attached hydrogen (secondary N) is 2. The van der Waals surface area contributed by atoms with Crippen molar-refractivity contribution in [3.63, 3.8) is 0 Å². The van der Waals surface area contributed by atoms with Crippen LogP contribution in [0.4, 0.5) is 5.69 Å². The maximum absolute atomic E-state index is 13.3. The van der Waals surface area contributed by atoms with E-state index >= 15 is 0 Å². The zero-order valence-electron chi connectivity index (χ0n) is 21.2. The number of carbonyl (C=O) groups is 1. The summed E-state index contributed by atoms with van der Waals surface area (Å²) in [4.78, 5) is 15.6. The van der Waals surface area contributed by atoms with E-state index in [2.05, 4.69) is 32.8 Å². The molecule has 0 bridgehead atoms. The van der Waals surface area contributed by atoms with Crippen molar-refractivity contribution in [2.45, 2.75) is 25.9 Å². The van der Waals surface area contributed by atoms with Crippen LogP contribution in [-0.4, -0.2) is 62.2 Å². The Labute approximate surface area is 207 Å². The standard InChI is InChI=1S/C27H35N5O3/c1-18-6-7-24(32-16-23(17-32)28-8-9-34-4)13-26(18)27(33)30-19(2)20-10-21(12-25(11-20)35-5)22-14-29-31(3)15-22/h6-7,10-15,19,23,28H,8-9,16-17H2,1-5H3,(H,30,33). The predicted octanol–water partition coefficient (Wildman–Crippen LogP) is 3.32. The van der Waals surface area contributed by atoms with Crippen LogP contribution in [0.1, 0.15) is 34.5 Å². The van der Waals surface area contributed by atoms with E-state index in [9.17, 15) is 4.79 Å². The molecule has 2 N–H and O–H groups in total. The summed E-state index contributed by atoms with van der Waals surface area (Å²) in [5.74, 6) is 0.657. The molecule has 1 atom stereocenters. The summed E-state index contributed by atoms with van der Waals surface area (Å²) in [7, 11) is 5.25. The molecule has 1 aromatic heterocycles. The summed E-state index contributed by atoms with van der Waals surface area (Å²) in [5.41, 5.74) is 5.69. The zero-order valence-corrected chi connectivity index (χ0v) is 21.2. The van der Waals surface area contributed by atoms with Gasteiger partial charge >= 0.3 is 0 Å². The number of hydrogen-bond acceptors (Lipinski definition) is 6. The highest BCUT2D eigenvalue weighted by atomic mass is 16.5. The number of aromatic nitrogens is 2. The van der Waals surface area contributed by atoms with Gasteiger partial charge in [0, 0.05) is 62.8 Å². The largest absolute Gasteiger partial charge is 0.497 e. The molecule has 1 aliphatic rings. The molecule has 0 aliphatic carbocycles. The second-order valence-corrected chi connectivity index (χ2v) is 9.14. The minimum atomic E-state index is -0.200. The smallest absolute Gasteiger partial charge is 0.252 e. The van der Waals surface area contributed by atoms with Gasteiger partial charge in [-0.3, -0.25) is 9.48 Å². The third-order valence-corrected chi connectivity index (χ3v) is 6.50. The lowest BCUT2D eigenvalue weighted by atomic mass is 10.00. The third kappa shape index (κ3) is 5.83. The molecule has 1 aliphatic heterocycles. The van der Waals surface area contributed by atoms with Gasteiger partial charge in [0.05, 0.1) is 26.0 Å². The van der Waals surface area contributed by atoms with Gasteiger partial charge in [0.15, 0.2) is 0 Å². The monoisotopic (exact) mass is 477 g/mol. The number of hydrogen-bond donors (Lipinski definition) is 2. The molecule has 8 heteroatoms. The fraction of sp³-hybridized carbons (Fsp3) is 0.407. The Morgan fingerprint density at radius 2 is 1.97 bits per heavy atom. The molecule has 8 nitrogen and oxygen atoms in total. The average molecular weight is 478 g/mol. The predicted molar refractivity (Wildman–Crippen MR) is 138 cm³/mol. The normalized spacial score (nSPS) is 14.5. The minimum absolute atomic E-state index is 0.0853. The Hall–Kier alpha value is -3.36. The summed E-state index contributed by atoms with van der Waals surface area (Å²) in [6.45, 7) is 7.36. The van der Waals surface area contributed by atoms with Gasteiger partial charge in [-0.25, -0.2) is 0 Å². The molecule has 1 unspecified atom stereocenters. The van der Waals surface area contributed by atoms with Gasteiger partial charge in [0.25, 0.3) is 5.91 Å². The van der Waals surface area contributed by atoms with Crippen LogP contribution in [0, 0.1) is 6.92 Å². The molecular formula is C27H35N5O3. The van der Waals surface area contributed by atoms with Crippen LogP contribution >= 0.6 is 0 Å². The highest BCUT2D eigenvalue weighted by Gasteiger charge is 2.27. The van der Waals surface area contributed by atoms with Crippen LogP contribution < -0.4 is 20.3 Å². The van der Waals surface area contributed by atoms with E-state index in [1.165, 1.54) is 0 Å².